The number of halogens is 2. The normalized spacial score (nSPS) is 14.8. The van der Waals surface area contributed by atoms with Crippen LogP contribution in [0, 0.1) is 5.82 Å². The molecule has 5 aromatic rings. The van der Waals surface area contributed by atoms with Crippen LogP contribution in [0.15, 0.2) is 60.9 Å². The topological polar surface area (TPSA) is 117 Å². The molecule has 0 aliphatic carbocycles. The highest BCUT2D eigenvalue weighted by Gasteiger charge is 2.23. The van der Waals surface area contributed by atoms with E-state index in [-0.39, 0.29) is 18.4 Å². The van der Waals surface area contributed by atoms with Gasteiger partial charge in [-0.15, -0.1) is 0 Å². The number of aromatic nitrogens is 6. The molecule has 1 N–H and O–H groups in total. The molecular formula is C28H24ClFN6O4. The van der Waals surface area contributed by atoms with Gasteiger partial charge in [0.05, 0.1) is 24.5 Å². The Labute approximate surface area is 233 Å². The molecule has 1 aliphatic heterocycles. The van der Waals surface area contributed by atoms with Crippen LogP contribution in [0.25, 0.3) is 22.4 Å². The molecule has 4 aromatic heterocycles. The summed E-state index contributed by atoms with van der Waals surface area (Å²) in [5.41, 5.74) is 3.00. The third kappa shape index (κ3) is 5.51. The van der Waals surface area contributed by atoms with Crippen molar-refractivity contribution in [3.05, 3.63) is 88.8 Å². The van der Waals surface area contributed by atoms with E-state index in [1.54, 1.807) is 35.1 Å². The van der Waals surface area contributed by atoms with Crippen molar-refractivity contribution in [2.45, 2.75) is 38.6 Å². The number of benzene rings is 1. The molecule has 6 rings (SSSR count). The number of aromatic carboxylic acids is 1. The number of ether oxygens (including phenoxy) is 2. The Hall–Kier alpha value is -4.35. The molecular weight excluding hydrogens is 539 g/mol. The van der Waals surface area contributed by atoms with Gasteiger partial charge in [0.15, 0.2) is 11.3 Å². The molecule has 1 aliphatic rings. The Balaban J connectivity index is 1.16. The first-order valence-electron chi connectivity index (χ1n) is 12.7. The summed E-state index contributed by atoms with van der Waals surface area (Å²) < 4.78 is 29.1. The van der Waals surface area contributed by atoms with Crippen molar-refractivity contribution in [2.24, 2.45) is 0 Å². The average molecular weight is 563 g/mol. The third-order valence-electron chi connectivity index (χ3n) is 6.68. The monoisotopic (exact) mass is 562 g/mol. The van der Waals surface area contributed by atoms with Crippen LogP contribution in [-0.2, 0) is 30.9 Å². The molecule has 5 heterocycles. The summed E-state index contributed by atoms with van der Waals surface area (Å²) in [7, 11) is 0. The van der Waals surface area contributed by atoms with Crippen molar-refractivity contribution in [3.63, 3.8) is 0 Å². The van der Waals surface area contributed by atoms with E-state index < -0.39 is 11.8 Å². The zero-order chi connectivity index (χ0) is 27.6. The average Bonchev–Trinajstić information content (AvgIpc) is 3.53. The molecule has 1 aromatic carbocycles. The van der Waals surface area contributed by atoms with Crippen LogP contribution in [-0.4, -0.2) is 53.1 Å². The molecule has 0 spiro atoms. The summed E-state index contributed by atoms with van der Waals surface area (Å²) in [5.74, 6) is -0.377. The second kappa shape index (κ2) is 11.0. The SMILES string of the molecule is O=C(O)c1ccc2nc(CCn3cc(-c4cccc(OCc5ccc(Cl)cc5F)n4)cn3)n(C[C@@H]3CCO3)c2n1. The molecule has 0 unspecified atom stereocenters. The number of aryl methyl sites for hydroxylation is 2. The predicted octanol–water partition coefficient (Wildman–Crippen LogP) is 4.79. The number of fused-ring (bicyclic) bond motifs is 1. The lowest BCUT2D eigenvalue weighted by atomic mass is 10.2. The van der Waals surface area contributed by atoms with Crippen LogP contribution in [0.5, 0.6) is 5.88 Å². The smallest absolute Gasteiger partial charge is 0.354 e. The molecule has 10 nitrogen and oxygen atoms in total. The highest BCUT2D eigenvalue weighted by atomic mass is 35.5. The van der Waals surface area contributed by atoms with E-state index in [4.69, 9.17) is 26.1 Å². The molecule has 0 radical (unpaired) electrons. The molecule has 1 saturated heterocycles. The van der Waals surface area contributed by atoms with Crippen LogP contribution < -0.4 is 4.74 Å². The number of imidazole rings is 1. The fraction of sp³-hybridized carbons (Fsp3) is 0.250. The number of carboxylic acids is 1. The van der Waals surface area contributed by atoms with Crippen LogP contribution >= 0.6 is 11.6 Å². The maximum Gasteiger partial charge on any atom is 0.354 e. The lowest BCUT2D eigenvalue weighted by molar-refractivity contribution is -0.0590. The van der Waals surface area contributed by atoms with Crippen LogP contribution in [0.3, 0.4) is 0 Å². The lowest BCUT2D eigenvalue weighted by Crippen LogP contribution is -2.32. The van der Waals surface area contributed by atoms with Gasteiger partial charge in [0.25, 0.3) is 0 Å². The summed E-state index contributed by atoms with van der Waals surface area (Å²) in [6.45, 7) is 1.83. The maximum atomic E-state index is 14.1. The van der Waals surface area contributed by atoms with Gasteiger partial charge in [0.2, 0.25) is 5.88 Å². The summed E-state index contributed by atoms with van der Waals surface area (Å²) >= 11 is 5.82. The largest absolute Gasteiger partial charge is 0.477 e. The van der Waals surface area contributed by atoms with Crippen molar-refractivity contribution in [2.75, 3.05) is 6.61 Å². The zero-order valence-electron chi connectivity index (χ0n) is 21.2. The van der Waals surface area contributed by atoms with Gasteiger partial charge in [-0.1, -0.05) is 23.7 Å². The number of pyridine rings is 2. The Morgan fingerprint density at radius 1 is 1.18 bits per heavy atom. The molecule has 12 heteroatoms. The maximum absolute atomic E-state index is 14.1. The van der Waals surface area contributed by atoms with Gasteiger partial charge in [0, 0.05) is 48.0 Å². The summed E-state index contributed by atoms with van der Waals surface area (Å²) in [5, 5.41) is 14.2. The van der Waals surface area contributed by atoms with E-state index in [9.17, 15) is 14.3 Å². The Kier molecular flexibility index (Phi) is 7.14. The lowest BCUT2D eigenvalue weighted by Gasteiger charge is -2.27. The standard InChI is InChI=1S/C28H24ClFN6O4/c29-19-5-4-17(21(30)12-19)16-40-26-3-1-2-22(33-26)18-13-31-35(14-18)10-8-25-32-23-6-7-24(28(37)38)34-27(23)36(25)15-20-9-11-39-20/h1-7,12-14,20H,8-11,15-16H2,(H,37,38)/t20-/m0/s1. The Morgan fingerprint density at radius 3 is 2.83 bits per heavy atom. The molecule has 1 atom stereocenters. The van der Waals surface area contributed by atoms with Crippen LogP contribution in [0.2, 0.25) is 5.02 Å². The van der Waals surface area contributed by atoms with Crippen molar-refractivity contribution in [3.8, 4) is 17.1 Å². The van der Waals surface area contributed by atoms with Gasteiger partial charge in [-0.25, -0.2) is 24.1 Å². The minimum atomic E-state index is -1.08. The Bertz CT molecular complexity index is 1700. The van der Waals surface area contributed by atoms with Gasteiger partial charge >= 0.3 is 5.97 Å². The number of rotatable bonds is 10. The number of carboxylic acid groups (broad SMARTS) is 1. The highest BCUT2D eigenvalue weighted by Crippen LogP contribution is 2.23. The second-order valence-electron chi connectivity index (χ2n) is 9.39. The van der Waals surface area contributed by atoms with Crippen molar-refractivity contribution < 1.29 is 23.8 Å². The van der Waals surface area contributed by atoms with E-state index >= 15 is 0 Å². The molecule has 0 amide bonds. The van der Waals surface area contributed by atoms with Gasteiger partial charge in [0.1, 0.15) is 23.8 Å². The third-order valence-corrected chi connectivity index (χ3v) is 6.91. The predicted molar refractivity (Wildman–Crippen MR) is 144 cm³/mol. The first kappa shape index (κ1) is 25.9. The van der Waals surface area contributed by atoms with Crippen LogP contribution in [0.4, 0.5) is 4.39 Å². The fourth-order valence-electron chi connectivity index (χ4n) is 4.46. The Morgan fingerprint density at radius 2 is 2.05 bits per heavy atom. The quantitative estimate of drug-likeness (QED) is 0.258. The molecule has 204 valence electrons. The number of carbonyl (C=O) groups is 1. The van der Waals surface area contributed by atoms with Gasteiger partial charge in [-0.2, -0.15) is 5.10 Å². The van der Waals surface area contributed by atoms with E-state index in [0.717, 1.165) is 24.4 Å². The second-order valence-corrected chi connectivity index (χ2v) is 9.83. The first-order chi connectivity index (χ1) is 19.4. The molecule has 0 saturated carbocycles. The van der Waals surface area contributed by atoms with Gasteiger partial charge < -0.3 is 19.1 Å². The summed E-state index contributed by atoms with van der Waals surface area (Å²) in [4.78, 5) is 25.1. The minimum absolute atomic E-state index is 0.0223. The van der Waals surface area contributed by atoms with E-state index in [0.29, 0.717) is 52.8 Å². The van der Waals surface area contributed by atoms with Gasteiger partial charge in [-0.3, -0.25) is 4.68 Å². The van der Waals surface area contributed by atoms with E-state index in [2.05, 4.69) is 15.1 Å². The van der Waals surface area contributed by atoms with Gasteiger partial charge in [-0.05, 0) is 36.8 Å². The number of hydrogen-bond acceptors (Lipinski definition) is 7. The number of hydrogen-bond donors (Lipinski definition) is 1. The summed E-state index contributed by atoms with van der Waals surface area (Å²) in [6, 6.07) is 13.0. The van der Waals surface area contributed by atoms with Crippen molar-refractivity contribution in [1.29, 1.82) is 0 Å². The number of nitrogens with zero attached hydrogens (tertiary/aromatic N) is 6. The molecule has 1 fully saturated rings. The fourth-order valence-corrected chi connectivity index (χ4v) is 4.62. The molecule has 0 bridgehead atoms. The highest BCUT2D eigenvalue weighted by molar-refractivity contribution is 6.30. The minimum Gasteiger partial charge on any atom is -0.477 e. The van der Waals surface area contributed by atoms with E-state index in [1.807, 2.05) is 22.9 Å². The zero-order valence-corrected chi connectivity index (χ0v) is 22.0. The van der Waals surface area contributed by atoms with Crippen molar-refractivity contribution >= 4 is 28.7 Å². The first-order valence-corrected chi connectivity index (χ1v) is 13.1. The summed E-state index contributed by atoms with van der Waals surface area (Å²) in [6.07, 6.45) is 5.14. The van der Waals surface area contributed by atoms with E-state index in [1.165, 1.54) is 12.1 Å². The molecule has 40 heavy (non-hydrogen) atoms. The van der Waals surface area contributed by atoms with Crippen molar-refractivity contribution in [1.82, 2.24) is 29.3 Å². The van der Waals surface area contributed by atoms with Crippen LogP contribution in [0.1, 0.15) is 28.3 Å².